The smallest absolute Gasteiger partial charge is 0.000874 e. The molecular formula is C25H28S. The molecule has 0 amide bonds. The summed E-state index contributed by atoms with van der Waals surface area (Å²) in [5.74, 6) is 0. The highest BCUT2D eigenvalue weighted by Gasteiger charge is 2.26. The molecule has 1 aliphatic heterocycles. The Labute approximate surface area is 159 Å². The van der Waals surface area contributed by atoms with E-state index >= 15 is 0 Å². The van der Waals surface area contributed by atoms with Gasteiger partial charge in [0.15, 0.2) is 0 Å². The van der Waals surface area contributed by atoms with E-state index in [0.717, 1.165) is 6.42 Å². The van der Waals surface area contributed by atoms with Gasteiger partial charge in [0.1, 0.15) is 0 Å². The zero-order chi connectivity index (χ0) is 18.5. The quantitative estimate of drug-likeness (QED) is 0.537. The Balaban J connectivity index is 1.73. The first kappa shape index (κ1) is 17.4. The van der Waals surface area contributed by atoms with Crippen LogP contribution in [0.1, 0.15) is 37.5 Å². The third-order valence-electron chi connectivity index (χ3n) is 5.51. The van der Waals surface area contributed by atoms with Gasteiger partial charge < -0.3 is 0 Å². The minimum absolute atomic E-state index is 0.195. The maximum atomic E-state index is 2.44. The molecule has 1 heterocycles. The largest absolute Gasteiger partial charge is 0.200 e. The Morgan fingerprint density at radius 2 is 1.65 bits per heavy atom. The van der Waals surface area contributed by atoms with Gasteiger partial charge in [-0.2, -0.15) is 10.0 Å². The minimum Gasteiger partial charge on any atom is -0.200 e. The fraction of sp³-hybridized carbons (Fsp3) is 0.280. The molecule has 2 aromatic carbocycles. The van der Waals surface area contributed by atoms with Gasteiger partial charge in [0.2, 0.25) is 0 Å². The van der Waals surface area contributed by atoms with Crippen molar-refractivity contribution in [1.82, 2.24) is 0 Å². The summed E-state index contributed by atoms with van der Waals surface area (Å²) in [4.78, 5) is 1.54. The van der Waals surface area contributed by atoms with Crippen molar-refractivity contribution in [3.8, 4) is 11.1 Å². The molecule has 0 fully saturated rings. The fourth-order valence-corrected chi connectivity index (χ4v) is 5.80. The molecular weight excluding hydrogens is 332 g/mol. The summed E-state index contributed by atoms with van der Waals surface area (Å²) in [6, 6.07) is 15.9. The molecule has 0 N–H and O–H groups in total. The van der Waals surface area contributed by atoms with Gasteiger partial charge >= 0.3 is 0 Å². The monoisotopic (exact) mass is 360 g/mol. The lowest BCUT2D eigenvalue weighted by molar-refractivity contribution is 0.590. The maximum Gasteiger partial charge on any atom is -0.000874 e. The normalized spacial score (nSPS) is 19.1. The summed E-state index contributed by atoms with van der Waals surface area (Å²) in [5.41, 5.74) is 8.63. The average Bonchev–Trinajstić information content (AvgIpc) is 3.16. The van der Waals surface area contributed by atoms with Crippen molar-refractivity contribution in [2.75, 3.05) is 12.5 Å². The number of benzene rings is 2. The topological polar surface area (TPSA) is 0 Å². The van der Waals surface area contributed by atoms with Gasteiger partial charge in [0, 0.05) is 0 Å². The maximum absolute atomic E-state index is 2.44. The van der Waals surface area contributed by atoms with Crippen molar-refractivity contribution in [2.45, 2.75) is 32.6 Å². The fourth-order valence-electron chi connectivity index (χ4n) is 3.94. The molecule has 0 spiro atoms. The van der Waals surface area contributed by atoms with Gasteiger partial charge in [-0.15, -0.1) is 0 Å². The second-order valence-corrected chi connectivity index (χ2v) is 12.3. The van der Waals surface area contributed by atoms with Crippen LogP contribution in [0.2, 0.25) is 0 Å². The second-order valence-electron chi connectivity index (χ2n) is 8.82. The van der Waals surface area contributed by atoms with E-state index in [0.29, 0.717) is 0 Å². The van der Waals surface area contributed by atoms with Crippen LogP contribution in [-0.2, 0) is 11.8 Å². The highest BCUT2D eigenvalue weighted by Crippen LogP contribution is 2.58. The molecule has 0 unspecified atom stereocenters. The van der Waals surface area contributed by atoms with Gasteiger partial charge in [-0.3, -0.25) is 0 Å². The molecule has 1 heteroatoms. The van der Waals surface area contributed by atoms with Crippen molar-refractivity contribution in [3.05, 3.63) is 87.2 Å². The molecule has 0 saturated carbocycles. The average molecular weight is 361 g/mol. The van der Waals surface area contributed by atoms with Crippen molar-refractivity contribution in [3.63, 3.8) is 0 Å². The van der Waals surface area contributed by atoms with E-state index in [9.17, 15) is 0 Å². The zero-order valence-electron chi connectivity index (χ0n) is 16.5. The van der Waals surface area contributed by atoms with Gasteiger partial charge in [-0.25, -0.2) is 0 Å². The Morgan fingerprint density at radius 3 is 2.27 bits per heavy atom. The number of allylic oxidation sites excluding steroid dienone is 3. The molecule has 0 atom stereocenters. The SMILES string of the molecule is CC(C)(C)c1ccc(-c2cccc3c2C=C(C2=CC=CS2(C)C)C3)cc1. The van der Waals surface area contributed by atoms with E-state index in [4.69, 9.17) is 0 Å². The van der Waals surface area contributed by atoms with Gasteiger partial charge in [-0.1, -0.05) is 69.3 Å². The Hall–Kier alpha value is -1.99. The van der Waals surface area contributed by atoms with E-state index in [2.05, 4.69) is 99.4 Å². The lowest BCUT2D eigenvalue weighted by atomic mass is 9.86. The number of hydrogen-bond donors (Lipinski definition) is 0. The summed E-state index contributed by atoms with van der Waals surface area (Å²) in [6.07, 6.45) is 12.8. The molecule has 1 aliphatic carbocycles. The lowest BCUT2D eigenvalue weighted by Gasteiger charge is -2.28. The summed E-state index contributed by atoms with van der Waals surface area (Å²) >= 11 is 0. The van der Waals surface area contributed by atoms with Crippen LogP contribution in [0.15, 0.2) is 70.5 Å². The van der Waals surface area contributed by atoms with Crippen molar-refractivity contribution < 1.29 is 0 Å². The van der Waals surface area contributed by atoms with E-state index in [-0.39, 0.29) is 5.41 Å². The van der Waals surface area contributed by atoms with Gasteiger partial charge in [0.25, 0.3) is 0 Å². The van der Waals surface area contributed by atoms with Crippen LogP contribution in [0.25, 0.3) is 17.2 Å². The Kier molecular flexibility index (Phi) is 4.04. The zero-order valence-corrected chi connectivity index (χ0v) is 17.3. The van der Waals surface area contributed by atoms with Crippen LogP contribution in [0, 0.1) is 0 Å². The Morgan fingerprint density at radius 1 is 0.923 bits per heavy atom. The van der Waals surface area contributed by atoms with Crippen LogP contribution in [0.5, 0.6) is 0 Å². The third-order valence-corrected chi connectivity index (χ3v) is 7.88. The predicted octanol–water partition coefficient (Wildman–Crippen LogP) is 7.07. The molecule has 2 aliphatic rings. The number of fused-ring (bicyclic) bond motifs is 1. The third kappa shape index (κ3) is 2.99. The van der Waals surface area contributed by atoms with E-state index in [1.807, 2.05) is 0 Å². The first-order valence-electron chi connectivity index (χ1n) is 9.31. The van der Waals surface area contributed by atoms with Crippen LogP contribution in [-0.4, -0.2) is 12.5 Å². The van der Waals surface area contributed by atoms with Crippen LogP contribution in [0.3, 0.4) is 0 Å². The minimum atomic E-state index is -0.775. The molecule has 134 valence electrons. The number of hydrogen-bond acceptors (Lipinski definition) is 0. The predicted molar refractivity (Wildman–Crippen MR) is 119 cm³/mol. The number of rotatable bonds is 2. The molecule has 0 radical (unpaired) electrons. The van der Waals surface area contributed by atoms with E-state index in [1.165, 1.54) is 33.4 Å². The van der Waals surface area contributed by atoms with Crippen molar-refractivity contribution in [1.29, 1.82) is 0 Å². The van der Waals surface area contributed by atoms with E-state index in [1.54, 1.807) is 4.91 Å². The second kappa shape index (κ2) is 6.03. The first-order valence-corrected chi connectivity index (χ1v) is 11.8. The summed E-state index contributed by atoms with van der Waals surface area (Å²) in [5, 5.41) is 2.39. The molecule has 0 bridgehead atoms. The van der Waals surface area contributed by atoms with Crippen molar-refractivity contribution >= 4 is 16.1 Å². The standard InChI is InChI=1S/C25H28S/c1-25(2,3)21-13-11-18(12-14-21)22-9-6-8-19-16-20(17-23(19)22)24-10-7-15-26(24,4)5/h6-15,17H,16H2,1-5H3. The lowest BCUT2D eigenvalue weighted by Crippen LogP contribution is -2.10. The molecule has 4 rings (SSSR count). The molecule has 0 aromatic heterocycles. The van der Waals surface area contributed by atoms with Crippen molar-refractivity contribution in [2.24, 2.45) is 0 Å². The Bertz CT molecular complexity index is 945. The van der Waals surface area contributed by atoms with Crippen LogP contribution in [0.4, 0.5) is 0 Å². The molecule has 26 heavy (non-hydrogen) atoms. The molecule has 0 nitrogen and oxygen atoms in total. The summed E-state index contributed by atoms with van der Waals surface area (Å²) < 4.78 is 0. The van der Waals surface area contributed by atoms with Gasteiger partial charge in [0.05, 0.1) is 0 Å². The highest BCUT2D eigenvalue weighted by atomic mass is 32.3. The molecule has 0 saturated heterocycles. The van der Waals surface area contributed by atoms with Crippen LogP contribution >= 0.6 is 10.0 Å². The highest BCUT2D eigenvalue weighted by molar-refractivity contribution is 8.38. The summed E-state index contributed by atoms with van der Waals surface area (Å²) in [6.45, 7) is 6.81. The van der Waals surface area contributed by atoms with E-state index < -0.39 is 10.0 Å². The van der Waals surface area contributed by atoms with Gasteiger partial charge in [-0.05, 0) is 80.2 Å². The molecule has 2 aromatic rings. The van der Waals surface area contributed by atoms with Crippen LogP contribution < -0.4 is 0 Å². The first-order chi connectivity index (χ1) is 12.3. The summed E-state index contributed by atoms with van der Waals surface area (Å²) in [7, 11) is -0.775.